The van der Waals surface area contributed by atoms with E-state index in [1.54, 1.807) is 0 Å². The van der Waals surface area contributed by atoms with E-state index in [1.807, 2.05) is 0 Å². The molecule has 0 spiro atoms. The van der Waals surface area contributed by atoms with Crippen LogP contribution in [0.1, 0.15) is 0 Å². The first kappa shape index (κ1) is 16.8. The third kappa shape index (κ3) is 4.00. The third-order valence-electron chi connectivity index (χ3n) is 2.73. The second kappa shape index (κ2) is 7.13. The van der Waals surface area contributed by atoms with Gasteiger partial charge in [-0.25, -0.2) is 8.78 Å². The van der Waals surface area contributed by atoms with Crippen LogP contribution in [-0.2, 0) is 0 Å². The van der Waals surface area contributed by atoms with Gasteiger partial charge in [-0.15, -0.1) is 0 Å². The molecule has 0 fully saturated rings. The highest BCUT2D eigenvalue weighted by Gasteiger charge is 2.09. The maximum Gasteiger partial charge on any atom is 0.324 e. The van der Waals surface area contributed by atoms with Crippen LogP contribution in [0.5, 0.6) is 0 Å². The van der Waals surface area contributed by atoms with Crippen molar-refractivity contribution in [3.05, 3.63) is 48.2 Å². The number of amidine groups is 2. The van der Waals surface area contributed by atoms with Crippen molar-refractivity contribution in [1.29, 1.82) is 5.41 Å². The van der Waals surface area contributed by atoms with Gasteiger partial charge in [0.15, 0.2) is 23.2 Å². The molecule has 0 unspecified atom stereocenters. The van der Waals surface area contributed by atoms with Crippen LogP contribution in [-0.4, -0.2) is 27.6 Å². The van der Waals surface area contributed by atoms with Crippen molar-refractivity contribution in [3.63, 3.8) is 0 Å². The number of halogens is 2. The number of aromatic nitrogens is 1. The van der Waals surface area contributed by atoms with Gasteiger partial charge >= 0.3 is 6.01 Å². The number of nitrogens with one attached hydrogen (secondary N) is 1. The van der Waals surface area contributed by atoms with Crippen molar-refractivity contribution in [3.8, 4) is 11.3 Å². The molecule has 1 heterocycles. The monoisotopic (exact) mass is 334 g/mol. The van der Waals surface area contributed by atoms with Crippen LogP contribution in [0.4, 0.5) is 14.8 Å². The van der Waals surface area contributed by atoms with Gasteiger partial charge in [0.1, 0.15) is 5.84 Å². The molecule has 0 saturated carbocycles. The quantitative estimate of drug-likeness (QED) is 0.285. The van der Waals surface area contributed by atoms with Crippen molar-refractivity contribution in [2.75, 3.05) is 0 Å². The predicted octanol–water partition coefficient (Wildman–Crippen LogP) is 1.93. The van der Waals surface area contributed by atoms with Crippen LogP contribution in [0.25, 0.3) is 11.3 Å². The van der Waals surface area contributed by atoms with Crippen molar-refractivity contribution < 1.29 is 18.4 Å². The van der Waals surface area contributed by atoms with Crippen molar-refractivity contribution in [2.24, 2.45) is 21.6 Å². The lowest BCUT2D eigenvalue weighted by Gasteiger charge is -1.97. The molecule has 0 aliphatic rings. The fraction of sp³-hybridized carbons (Fsp3) is 0. The van der Waals surface area contributed by atoms with E-state index in [0.29, 0.717) is 0 Å². The van der Waals surface area contributed by atoms with Gasteiger partial charge in [0.2, 0.25) is 0 Å². The van der Waals surface area contributed by atoms with Gasteiger partial charge in [-0.1, -0.05) is 5.16 Å². The summed E-state index contributed by atoms with van der Waals surface area (Å²) in [4.78, 5) is 7.66. The van der Waals surface area contributed by atoms with Gasteiger partial charge in [0.05, 0.1) is 11.9 Å². The van der Waals surface area contributed by atoms with Gasteiger partial charge in [-0.05, 0) is 30.4 Å². The standard InChI is InChI=1S/C14H12F2N6O2/c15-8-2-1-7(5-9(8)16)11-6-20-14(24-11)21-12(18)4-3-10(17)13(19)22-23/h1-6,17,23H,(H2,19,22)(H2,18,20,21)/b4-3-,17-10?. The van der Waals surface area contributed by atoms with Crippen LogP contribution in [0, 0.1) is 17.0 Å². The Labute approximate surface area is 134 Å². The molecular formula is C14H12F2N6O2. The number of nitrogens with zero attached hydrogens (tertiary/aromatic N) is 3. The molecule has 0 saturated heterocycles. The molecule has 0 radical (unpaired) electrons. The Balaban J connectivity index is 2.16. The molecule has 0 aliphatic carbocycles. The van der Waals surface area contributed by atoms with Gasteiger partial charge in [0, 0.05) is 5.56 Å². The van der Waals surface area contributed by atoms with Gasteiger partial charge in [-0.3, -0.25) is 5.41 Å². The van der Waals surface area contributed by atoms with Crippen LogP contribution in [0.3, 0.4) is 0 Å². The molecule has 10 heteroatoms. The second-order valence-electron chi connectivity index (χ2n) is 4.40. The molecule has 24 heavy (non-hydrogen) atoms. The molecule has 0 atom stereocenters. The summed E-state index contributed by atoms with van der Waals surface area (Å²) in [5.74, 6) is -2.27. The lowest BCUT2D eigenvalue weighted by atomic mass is 10.2. The molecule has 1 aromatic heterocycles. The van der Waals surface area contributed by atoms with Crippen LogP contribution < -0.4 is 11.5 Å². The minimum absolute atomic E-state index is 0.0656. The number of oxime groups is 1. The largest absolute Gasteiger partial charge is 0.422 e. The molecule has 2 rings (SSSR count). The van der Waals surface area contributed by atoms with Crippen LogP contribution in [0.15, 0.2) is 51.1 Å². The lowest BCUT2D eigenvalue weighted by Crippen LogP contribution is -2.21. The van der Waals surface area contributed by atoms with Crippen molar-refractivity contribution >= 4 is 23.4 Å². The van der Waals surface area contributed by atoms with E-state index in [4.69, 9.17) is 26.5 Å². The van der Waals surface area contributed by atoms with E-state index in [-0.39, 0.29) is 28.9 Å². The second-order valence-corrected chi connectivity index (χ2v) is 4.40. The van der Waals surface area contributed by atoms with Gasteiger partial charge in [-0.2, -0.15) is 9.98 Å². The van der Waals surface area contributed by atoms with Crippen LogP contribution >= 0.6 is 0 Å². The highest BCUT2D eigenvalue weighted by Crippen LogP contribution is 2.25. The summed E-state index contributed by atoms with van der Waals surface area (Å²) in [5.41, 5.74) is 10.8. The predicted molar refractivity (Wildman–Crippen MR) is 83.4 cm³/mol. The van der Waals surface area contributed by atoms with E-state index >= 15 is 0 Å². The Morgan fingerprint density at radius 2 is 2.00 bits per heavy atom. The smallest absolute Gasteiger partial charge is 0.324 e. The van der Waals surface area contributed by atoms with Crippen LogP contribution in [0.2, 0.25) is 0 Å². The molecule has 8 nitrogen and oxygen atoms in total. The average molecular weight is 334 g/mol. The zero-order valence-corrected chi connectivity index (χ0v) is 12.1. The van der Waals surface area contributed by atoms with E-state index in [0.717, 1.165) is 18.2 Å². The third-order valence-corrected chi connectivity index (χ3v) is 2.73. The van der Waals surface area contributed by atoms with E-state index in [2.05, 4.69) is 15.1 Å². The lowest BCUT2D eigenvalue weighted by molar-refractivity contribution is 0.319. The Morgan fingerprint density at radius 1 is 1.25 bits per heavy atom. The molecule has 0 amide bonds. The molecule has 2 aromatic rings. The highest BCUT2D eigenvalue weighted by atomic mass is 19.2. The fourth-order valence-corrected chi connectivity index (χ4v) is 1.56. The first-order valence-electron chi connectivity index (χ1n) is 6.40. The summed E-state index contributed by atoms with van der Waals surface area (Å²) in [6.45, 7) is 0. The number of oxazole rings is 1. The van der Waals surface area contributed by atoms with Crippen molar-refractivity contribution in [1.82, 2.24) is 4.98 Å². The van der Waals surface area contributed by atoms with E-state index in [1.165, 1.54) is 18.3 Å². The zero-order chi connectivity index (χ0) is 17.7. The average Bonchev–Trinajstić information content (AvgIpc) is 3.02. The number of hydrogen-bond acceptors (Lipinski definition) is 6. The molecule has 6 N–H and O–H groups in total. The summed E-state index contributed by atoms with van der Waals surface area (Å²) in [7, 11) is 0. The number of hydrogen-bond donors (Lipinski definition) is 4. The Bertz CT molecular complexity index is 857. The minimum Gasteiger partial charge on any atom is -0.422 e. The molecule has 0 bridgehead atoms. The van der Waals surface area contributed by atoms with Gasteiger partial charge < -0.3 is 21.1 Å². The SMILES string of the molecule is N=C(/C=C\C(N)=Nc1ncc(-c2ccc(F)c(F)c2)o1)C(N)=NO. The topological polar surface area (TPSA) is 147 Å². The Kier molecular flexibility index (Phi) is 5.00. The highest BCUT2D eigenvalue weighted by molar-refractivity contribution is 6.44. The number of nitrogens with two attached hydrogens (primary N) is 2. The first-order valence-corrected chi connectivity index (χ1v) is 6.40. The van der Waals surface area contributed by atoms with E-state index in [9.17, 15) is 8.78 Å². The van der Waals surface area contributed by atoms with E-state index < -0.39 is 17.5 Å². The maximum atomic E-state index is 13.2. The molecule has 124 valence electrons. The normalized spacial score (nSPS) is 12.8. The number of rotatable bonds is 5. The maximum absolute atomic E-state index is 13.2. The Hall–Kier alpha value is -3.56. The zero-order valence-electron chi connectivity index (χ0n) is 12.1. The molecule has 0 aliphatic heterocycles. The fourth-order valence-electron chi connectivity index (χ4n) is 1.56. The minimum atomic E-state index is -1.02. The molecule has 1 aromatic carbocycles. The summed E-state index contributed by atoms with van der Waals surface area (Å²) < 4.78 is 31.4. The first-order chi connectivity index (χ1) is 11.4. The summed E-state index contributed by atoms with van der Waals surface area (Å²) in [5, 5.41) is 18.5. The molecular weight excluding hydrogens is 322 g/mol. The van der Waals surface area contributed by atoms with Crippen molar-refractivity contribution in [2.45, 2.75) is 0 Å². The van der Waals surface area contributed by atoms with Gasteiger partial charge in [0.25, 0.3) is 0 Å². The summed E-state index contributed by atoms with van der Waals surface area (Å²) in [6.07, 6.45) is 3.66. The summed E-state index contributed by atoms with van der Waals surface area (Å²) >= 11 is 0. The Morgan fingerprint density at radius 3 is 2.67 bits per heavy atom. The number of aliphatic imine (C=N–C) groups is 1. The number of benzene rings is 1. The summed E-state index contributed by atoms with van der Waals surface area (Å²) in [6, 6.07) is 3.14.